The number of methoxy groups -OCH3 is 1. The van der Waals surface area contributed by atoms with Crippen LogP contribution in [0.25, 0.3) is 0 Å². The fourth-order valence-corrected chi connectivity index (χ4v) is 3.34. The number of nitrogens with one attached hydrogen (secondary N) is 1. The molecule has 2 atom stereocenters. The summed E-state index contributed by atoms with van der Waals surface area (Å²) in [5.74, 6) is 3.64. The molecule has 1 aliphatic rings. The van der Waals surface area contributed by atoms with Crippen LogP contribution >= 0.6 is 0 Å². The Kier molecular flexibility index (Phi) is 6.40. The summed E-state index contributed by atoms with van der Waals surface area (Å²) in [4.78, 5) is 0. The zero-order chi connectivity index (χ0) is 18.4. The lowest BCUT2D eigenvalue weighted by atomic mass is 9.86. The molecule has 0 fully saturated rings. The van der Waals surface area contributed by atoms with E-state index in [2.05, 4.69) is 25.2 Å². The summed E-state index contributed by atoms with van der Waals surface area (Å²) in [6.45, 7) is 6.84. The number of rotatable bonds is 8. The number of benzene rings is 2. The minimum absolute atomic E-state index is 0.238. The second-order valence-corrected chi connectivity index (χ2v) is 7.10. The normalized spacial score (nSPS) is 18.9. The van der Waals surface area contributed by atoms with Crippen LogP contribution in [0.2, 0.25) is 0 Å². The Labute approximate surface area is 156 Å². The molecule has 0 aliphatic carbocycles. The molecule has 2 aromatic carbocycles. The van der Waals surface area contributed by atoms with Crippen LogP contribution in [0.4, 0.5) is 0 Å². The van der Waals surface area contributed by atoms with Gasteiger partial charge in [-0.05, 0) is 36.1 Å². The molecule has 0 radical (unpaired) electrons. The fraction of sp³-hybridized carbons (Fsp3) is 0.455. The molecular weight excluding hydrogens is 326 g/mol. The highest BCUT2D eigenvalue weighted by molar-refractivity contribution is 5.44. The van der Waals surface area contributed by atoms with E-state index in [9.17, 15) is 0 Å². The van der Waals surface area contributed by atoms with Crippen LogP contribution in [0, 0.1) is 5.92 Å². The van der Waals surface area contributed by atoms with Gasteiger partial charge in [0.15, 0.2) is 0 Å². The lowest BCUT2D eigenvalue weighted by molar-refractivity contribution is 0.113. The van der Waals surface area contributed by atoms with E-state index in [0.29, 0.717) is 18.4 Å². The maximum Gasteiger partial charge on any atom is 0.126 e. The van der Waals surface area contributed by atoms with Crippen LogP contribution in [-0.4, -0.2) is 32.9 Å². The van der Waals surface area contributed by atoms with Crippen molar-refractivity contribution in [1.29, 1.82) is 0 Å². The van der Waals surface area contributed by atoms with E-state index in [1.807, 2.05) is 42.5 Å². The third kappa shape index (κ3) is 4.70. The van der Waals surface area contributed by atoms with Gasteiger partial charge in [0.2, 0.25) is 0 Å². The van der Waals surface area contributed by atoms with Gasteiger partial charge in [0.1, 0.15) is 30.0 Å². The summed E-state index contributed by atoms with van der Waals surface area (Å²) in [5.41, 5.74) is 1.26. The number of hydrogen-bond acceptors (Lipinski definition) is 4. The van der Waals surface area contributed by atoms with Gasteiger partial charge >= 0.3 is 0 Å². The van der Waals surface area contributed by atoms with Crippen molar-refractivity contribution < 1.29 is 14.2 Å². The van der Waals surface area contributed by atoms with Gasteiger partial charge < -0.3 is 19.5 Å². The fourth-order valence-electron chi connectivity index (χ4n) is 3.34. The van der Waals surface area contributed by atoms with E-state index in [1.165, 1.54) is 5.56 Å². The average molecular weight is 355 g/mol. The van der Waals surface area contributed by atoms with Crippen molar-refractivity contribution in [3.8, 4) is 17.2 Å². The Bertz CT molecular complexity index is 687. The molecule has 0 amide bonds. The van der Waals surface area contributed by atoms with Crippen molar-refractivity contribution >= 4 is 0 Å². The lowest BCUT2D eigenvalue weighted by Crippen LogP contribution is -2.35. The first-order valence-electron chi connectivity index (χ1n) is 9.40. The largest absolute Gasteiger partial charge is 0.497 e. The first kappa shape index (κ1) is 18.6. The Morgan fingerprint density at radius 1 is 1.12 bits per heavy atom. The molecule has 0 spiro atoms. The molecule has 2 unspecified atom stereocenters. The van der Waals surface area contributed by atoms with Gasteiger partial charge in [-0.2, -0.15) is 0 Å². The summed E-state index contributed by atoms with van der Waals surface area (Å²) < 4.78 is 17.3. The number of ether oxygens (including phenoxy) is 3. The molecule has 2 aromatic rings. The molecule has 1 aliphatic heterocycles. The number of hydrogen-bond donors (Lipinski definition) is 1. The molecule has 140 valence electrons. The number of fused-ring (bicyclic) bond motifs is 1. The van der Waals surface area contributed by atoms with Gasteiger partial charge in [-0.1, -0.05) is 38.1 Å². The Balaban J connectivity index is 1.56. The smallest absolute Gasteiger partial charge is 0.126 e. The summed E-state index contributed by atoms with van der Waals surface area (Å²) in [6.07, 6.45) is 1.27. The van der Waals surface area contributed by atoms with Crippen LogP contribution in [0.1, 0.15) is 31.7 Å². The van der Waals surface area contributed by atoms with Crippen molar-refractivity contribution in [3.05, 3.63) is 54.1 Å². The van der Waals surface area contributed by atoms with Gasteiger partial charge in [0.05, 0.1) is 7.11 Å². The zero-order valence-corrected chi connectivity index (χ0v) is 15.9. The first-order valence-corrected chi connectivity index (χ1v) is 9.40. The third-order valence-corrected chi connectivity index (χ3v) is 4.88. The van der Waals surface area contributed by atoms with Crippen molar-refractivity contribution in [2.45, 2.75) is 32.3 Å². The SMILES string of the molecule is COc1ccc2c(c1)OC(C(C)C)CC2CNCCOc1ccccc1. The van der Waals surface area contributed by atoms with Gasteiger partial charge in [-0.15, -0.1) is 0 Å². The molecule has 0 saturated heterocycles. The predicted octanol–water partition coefficient (Wildman–Crippen LogP) is 4.25. The number of para-hydroxylation sites is 1. The second-order valence-electron chi connectivity index (χ2n) is 7.10. The molecule has 3 rings (SSSR count). The topological polar surface area (TPSA) is 39.7 Å². The molecule has 0 aromatic heterocycles. The Hall–Kier alpha value is -2.20. The standard InChI is InChI=1S/C22H29NO3/c1-16(2)21-13-17(20-10-9-19(24-3)14-22(20)26-21)15-23-11-12-25-18-7-5-4-6-8-18/h4-10,14,16-17,21,23H,11-13,15H2,1-3H3. The first-order chi connectivity index (χ1) is 12.7. The monoisotopic (exact) mass is 355 g/mol. The summed E-state index contributed by atoms with van der Waals surface area (Å²) >= 11 is 0. The van der Waals surface area contributed by atoms with Crippen molar-refractivity contribution in [2.75, 3.05) is 26.8 Å². The molecule has 1 N–H and O–H groups in total. The minimum Gasteiger partial charge on any atom is -0.497 e. The van der Waals surface area contributed by atoms with E-state index < -0.39 is 0 Å². The van der Waals surface area contributed by atoms with Gasteiger partial charge in [-0.25, -0.2) is 0 Å². The van der Waals surface area contributed by atoms with Gasteiger partial charge in [-0.3, -0.25) is 0 Å². The van der Waals surface area contributed by atoms with Crippen LogP contribution in [0.5, 0.6) is 17.2 Å². The lowest BCUT2D eigenvalue weighted by Gasteiger charge is -2.34. The molecule has 26 heavy (non-hydrogen) atoms. The molecular formula is C22H29NO3. The van der Waals surface area contributed by atoms with Crippen LogP contribution < -0.4 is 19.5 Å². The van der Waals surface area contributed by atoms with Crippen LogP contribution in [-0.2, 0) is 0 Å². The summed E-state index contributed by atoms with van der Waals surface area (Å²) in [7, 11) is 1.69. The molecule has 0 saturated carbocycles. The Morgan fingerprint density at radius 3 is 2.65 bits per heavy atom. The van der Waals surface area contributed by atoms with E-state index in [4.69, 9.17) is 14.2 Å². The van der Waals surface area contributed by atoms with E-state index in [1.54, 1.807) is 7.11 Å². The second kappa shape index (κ2) is 8.95. The van der Waals surface area contributed by atoms with Gasteiger partial charge in [0.25, 0.3) is 0 Å². The summed E-state index contributed by atoms with van der Waals surface area (Å²) in [5, 5.41) is 3.54. The molecule has 4 heteroatoms. The minimum atomic E-state index is 0.238. The van der Waals surface area contributed by atoms with E-state index >= 15 is 0 Å². The highest BCUT2D eigenvalue weighted by Gasteiger charge is 2.30. The Morgan fingerprint density at radius 2 is 1.92 bits per heavy atom. The van der Waals surface area contributed by atoms with Crippen molar-refractivity contribution in [1.82, 2.24) is 5.32 Å². The maximum absolute atomic E-state index is 6.22. The van der Waals surface area contributed by atoms with Crippen LogP contribution in [0.3, 0.4) is 0 Å². The molecule has 1 heterocycles. The van der Waals surface area contributed by atoms with Crippen molar-refractivity contribution in [2.24, 2.45) is 5.92 Å². The van der Waals surface area contributed by atoms with E-state index in [-0.39, 0.29) is 6.10 Å². The quantitative estimate of drug-likeness (QED) is 0.719. The average Bonchev–Trinajstić information content (AvgIpc) is 2.67. The molecule has 4 nitrogen and oxygen atoms in total. The van der Waals surface area contributed by atoms with E-state index in [0.717, 1.165) is 36.8 Å². The predicted molar refractivity (Wildman–Crippen MR) is 104 cm³/mol. The van der Waals surface area contributed by atoms with Crippen molar-refractivity contribution in [3.63, 3.8) is 0 Å². The highest BCUT2D eigenvalue weighted by Crippen LogP contribution is 2.39. The summed E-state index contributed by atoms with van der Waals surface area (Å²) in [6, 6.07) is 16.1. The maximum atomic E-state index is 6.22. The van der Waals surface area contributed by atoms with Crippen LogP contribution in [0.15, 0.2) is 48.5 Å². The highest BCUT2D eigenvalue weighted by atomic mass is 16.5. The third-order valence-electron chi connectivity index (χ3n) is 4.88. The zero-order valence-electron chi connectivity index (χ0n) is 15.9. The van der Waals surface area contributed by atoms with Gasteiger partial charge in [0, 0.05) is 25.1 Å². The molecule has 0 bridgehead atoms.